The highest BCUT2D eigenvalue weighted by atomic mass is 16.5. The molecule has 0 bridgehead atoms. The topological polar surface area (TPSA) is 104 Å². The number of para-hydroxylation sites is 1. The Kier molecular flexibility index (Phi) is 6.18. The third-order valence-corrected chi connectivity index (χ3v) is 3.97. The van der Waals surface area contributed by atoms with Crippen molar-refractivity contribution in [2.45, 2.75) is 6.92 Å². The van der Waals surface area contributed by atoms with Crippen LogP contribution in [0.15, 0.2) is 66.9 Å². The summed E-state index contributed by atoms with van der Waals surface area (Å²) in [6.07, 6.45) is 1.51. The summed E-state index contributed by atoms with van der Waals surface area (Å²) in [5, 5.41) is 15.0. The molecule has 0 saturated heterocycles. The molecule has 0 aliphatic rings. The largest absolute Gasteiger partial charge is 0.462 e. The zero-order chi connectivity index (χ0) is 20.6. The van der Waals surface area contributed by atoms with Crippen molar-refractivity contribution in [1.29, 1.82) is 5.26 Å². The Labute approximate surface area is 168 Å². The molecule has 7 heteroatoms. The number of amides is 1. The summed E-state index contributed by atoms with van der Waals surface area (Å²) in [7, 11) is 0. The molecule has 3 aromatic rings. The van der Waals surface area contributed by atoms with Gasteiger partial charge < -0.3 is 15.4 Å². The number of benzene rings is 2. The molecule has 1 heterocycles. The quantitative estimate of drug-likeness (QED) is 0.618. The molecule has 2 N–H and O–H groups in total. The van der Waals surface area contributed by atoms with Crippen LogP contribution in [0.4, 0.5) is 17.1 Å². The van der Waals surface area contributed by atoms with Crippen LogP contribution in [0.1, 0.15) is 33.3 Å². The van der Waals surface area contributed by atoms with Crippen molar-refractivity contribution >= 4 is 28.9 Å². The van der Waals surface area contributed by atoms with Crippen LogP contribution >= 0.6 is 0 Å². The Morgan fingerprint density at radius 1 is 1.07 bits per heavy atom. The molecule has 1 aromatic heterocycles. The lowest BCUT2D eigenvalue weighted by molar-refractivity contribution is 0.0526. The van der Waals surface area contributed by atoms with Gasteiger partial charge in [-0.05, 0) is 55.5 Å². The second-order valence-electron chi connectivity index (χ2n) is 5.96. The van der Waals surface area contributed by atoms with Gasteiger partial charge in [-0.25, -0.2) is 4.79 Å². The number of nitriles is 1. The number of rotatable bonds is 6. The number of anilines is 3. The zero-order valence-corrected chi connectivity index (χ0v) is 15.7. The smallest absolute Gasteiger partial charge is 0.338 e. The molecule has 0 aliphatic carbocycles. The Morgan fingerprint density at radius 2 is 1.83 bits per heavy atom. The summed E-state index contributed by atoms with van der Waals surface area (Å²) < 4.78 is 4.93. The molecule has 0 radical (unpaired) electrons. The third kappa shape index (κ3) is 4.96. The minimum atomic E-state index is -0.413. The highest BCUT2D eigenvalue weighted by Crippen LogP contribution is 2.21. The molecular formula is C22H18N4O3. The predicted molar refractivity (Wildman–Crippen MR) is 109 cm³/mol. The standard InChI is InChI=1S/C22H18N4O3/c1-2-29-22(28)15-7-9-17(10-8-15)26-21(27)20-13-18(11-12-24-20)25-19-6-4-3-5-16(19)14-23/h3-13H,2H2,1H3,(H,24,25)(H,26,27). The Hall–Kier alpha value is -4.18. The van der Waals surface area contributed by atoms with E-state index < -0.39 is 11.9 Å². The molecule has 0 unspecified atom stereocenters. The van der Waals surface area contributed by atoms with Crippen LogP contribution in [0.25, 0.3) is 0 Å². The number of hydrogen-bond donors (Lipinski definition) is 2. The molecule has 0 atom stereocenters. The maximum atomic E-state index is 12.5. The van der Waals surface area contributed by atoms with E-state index in [9.17, 15) is 14.9 Å². The van der Waals surface area contributed by atoms with Crippen LogP contribution < -0.4 is 10.6 Å². The van der Waals surface area contributed by atoms with E-state index in [-0.39, 0.29) is 5.69 Å². The molecule has 3 rings (SSSR count). The van der Waals surface area contributed by atoms with Crippen molar-refractivity contribution in [2.75, 3.05) is 17.2 Å². The number of nitrogens with zero attached hydrogens (tertiary/aromatic N) is 2. The van der Waals surface area contributed by atoms with Crippen molar-refractivity contribution in [3.05, 3.63) is 83.7 Å². The summed E-state index contributed by atoms with van der Waals surface area (Å²) in [5.41, 5.74) is 2.91. The average molecular weight is 386 g/mol. The van der Waals surface area contributed by atoms with Gasteiger partial charge in [-0.3, -0.25) is 9.78 Å². The fraction of sp³-hybridized carbons (Fsp3) is 0.0909. The lowest BCUT2D eigenvalue weighted by atomic mass is 10.2. The summed E-state index contributed by atoms with van der Waals surface area (Å²) in [5.74, 6) is -0.811. The number of pyridine rings is 1. The number of nitrogens with one attached hydrogen (secondary N) is 2. The lowest BCUT2D eigenvalue weighted by Crippen LogP contribution is -2.14. The van der Waals surface area contributed by atoms with Crippen LogP contribution in [0.5, 0.6) is 0 Å². The Balaban J connectivity index is 1.71. The third-order valence-electron chi connectivity index (χ3n) is 3.97. The monoisotopic (exact) mass is 386 g/mol. The lowest BCUT2D eigenvalue weighted by Gasteiger charge is -2.10. The van der Waals surface area contributed by atoms with Crippen LogP contribution in [-0.4, -0.2) is 23.5 Å². The number of carbonyl (C=O) groups excluding carboxylic acids is 2. The number of aromatic nitrogens is 1. The number of hydrogen-bond acceptors (Lipinski definition) is 6. The molecular weight excluding hydrogens is 368 g/mol. The predicted octanol–water partition coefficient (Wildman–Crippen LogP) is 4.13. The van der Waals surface area contributed by atoms with Crippen molar-refractivity contribution < 1.29 is 14.3 Å². The van der Waals surface area contributed by atoms with Gasteiger partial charge in [0.2, 0.25) is 0 Å². The Morgan fingerprint density at radius 3 is 2.55 bits per heavy atom. The van der Waals surface area contributed by atoms with E-state index in [1.54, 1.807) is 61.5 Å². The number of carbonyl (C=O) groups is 2. The van der Waals surface area contributed by atoms with Crippen LogP contribution in [-0.2, 0) is 4.74 Å². The summed E-state index contributed by atoms with van der Waals surface area (Å²) >= 11 is 0. The normalized spacial score (nSPS) is 9.93. The average Bonchev–Trinajstić information content (AvgIpc) is 2.75. The van der Waals surface area contributed by atoms with Crippen LogP contribution in [0.2, 0.25) is 0 Å². The number of ether oxygens (including phenoxy) is 1. The zero-order valence-electron chi connectivity index (χ0n) is 15.7. The van der Waals surface area contributed by atoms with Crippen molar-refractivity contribution in [1.82, 2.24) is 4.98 Å². The molecule has 29 heavy (non-hydrogen) atoms. The van der Waals surface area contributed by atoms with E-state index in [0.29, 0.717) is 34.8 Å². The minimum Gasteiger partial charge on any atom is -0.462 e. The summed E-state index contributed by atoms with van der Waals surface area (Å²) in [6, 6.07) is 18.9. The van der Waals surface area contributed by atoms with E-state index in [2.05, 4.69) is 21.7 Å². The maximum absolute atomic E-state index is 12.5. The molecule has 0 saturated carbocycles. The first-order valence-corrected chi connectivity index (χ1v) is 8.91. The van der Waals surface area contributed by atoms with E-state index in [1.807, 2.05) is 6.07 Å². The van der Waals surface area contributed by atoms with E-state index in [1.165, 1.54) is 6.20 Å². The van der Waals surface area contributed by atoms with E-state index in [0.717, 1.165) is 0 Å². The molecule has 144 valence electrons. The van der Waals surface area contributed by atoms with Gasteiger partial charge in [0, 0.05) is 17.6 Å². The van der Waals surface area contributed by atoms with Crippen molar-refractivity contribution in [3.8, 4) is 6.07 Å². The van der Waals surface area contributed by atoms with Crippen LogP contribution in [0, 0.1) is 11.3 Å². The second kappa shape index (κ2) is 9.15. The molecule has 0 fully saturated rings. The molecule has 2 aromatic carbocycles. The Bertz CT molecular complexity index is 1070. The van der Waals surface area contributed by atoms with Gasteiger partial charge in [-0.1, -0.05) is 12.1 Å². The van der Waals surface area contributed by atoms with Gasteiger partial charge in [-0.2, -0.15) is 5.26 Å². The minimum absolute atomic E-state index is 0.207. The SMILES string of the molecule is CCOC(=O)c1ccc(NC(=O)c2cc(Nc3ccccc3C#N)ccn2)cc1. The van der Waals surface area contributed by atoms with Gasteiger partial charge in [-0.15, -0.1) is 0 Å². The highest BCUT2D eigenvalue weighted by molar-refractivity contribution is 6.03. The summed E-state index contributed by atoms with van der Waals surface area (Å²) in [6.45, 7) is 2.04. The van der Waals surface area contributed by atoms with Gasteiger partial charge >= 0.3 is 5.97 Å². The fourth-order valence-corrected chi connectivity index (χ4v) is 2.58. The van der Waals surface area contributed by atoms with E-state index in [4.69, 9.17) is 4.74 Å². The number of esters is 1. The first kappa shape index (κ1) is 19.6. The van der Waals surface area contributed by atoms with Gasteiger partial charge in [0.05, 0.1) is 23.4 Å². The second-order valence-corrected chi connectivity index (χ2v) is 5.96. The fourth-order valence-electron chi connectivity index (χ4n) is 2.58. The van der Waals surface area contributed by atoms with Gasteiger partial charge in [0.25, 0.3) is 5.91 Å². The van der Waals surface area contributed by atoms with Crippen LogP contribution in [0.3, 0.4) is 0 Å². The van der Waals surface area contributed by atoms with E-state index >= 15 is 0 Å². The van der Waals surface area contributed by atoms with Crippen molar-refractivity contribution in [2.24, 2.45) is 0 Å². The highest BCUT2D eigenvalue weighted by Gasteiger charge is 2.11. The maximum Gasteiger partial charge on any atom is 0.338 e. The molecule has 0 aliphatic heterocycles. The summed E-state index contributed by atoms with van der Waals surface area (Å²) in [4.78, 5) is 28.3. The van der Waals surface area contributed by atoms with Crippen molar-refractivity contribution in [3.63, 3.8) is 0 Å². The molecule has 0 spiro atoms. The first-order chi connectivity index (χ1) is 14.1. The first-order valence-electron chi connectivity index (χ1n) is 8.91. The molecule has 7 nitrogen and oxygen atoms in total. The van der Waals surface area contributed by atoms with Gasteiger partial charge in [0.1, 0.15) is 11.8 Å². The van der Waals surface area contributed by atoms with Gasteiger partial charge in [0.15, 0.2) is 0 Å². The molecule has 1 amide bonds.